The van der Waals surface area contributed by atoms with Gasteiger partial charge in [-0.3, -0.25) is 9.79 Å². The Balaban J connectivity index is 1.88. The predicted octanol–water partition coefficient (Wildman–Crippen LogP) is 1.38. The van der Waals surface area contributed by atoms with Crippen LogP contribution in [0.2, 0.25) is 0 Å². The number of phenolic OH excluding ortho intramolecular Hbond substituents is 1. The number of ether oxygens (including phenoxy) is 1. The molecule has 0 fully saturated rings. The van der Waals surface area contributed by atoms with Crippen molar-refractivity contribution in [2.45, 2.75) is 13.0 Å². The minimum absolute atomic E-state index is 0.163. The average Bonchev–Trinajstić information content (AvgIpc) is 2.85. The van der Waals surface area contributed by atoms with E-state index < -0.39 is 6.10 Å². The summed E-state index contributed by atoms with van der Waals surface area (Å²) in [4.78, 5) is 15.9. The van der Waals surface area contributed by atoms with Gasteiger partial charge < -0.3 is 15.2 Å². The van der Waals surface area contributed by atoms with E-state index in [9.17, 15) is 4.79 Å². The van der Waals surface area contributed by atoms with E-state index in [1.807, 2.05) is 0 Å². The van der Waals surface area contributed by atoms with E-state index in [0.717, 1.165) is 12.3 Å². The Labute approximate surface area is 109 Å². The van der Waals surface area contributed by atoms with Crippen LogP contribution < -0.4 is 10.1 Å². The molecule has 1 aromatic carbocycles. The van der Waals surface area contributed by atoms with Crippen LogP contribution in [0.15, 0.2) is 29.3 Å². The van der Waals surface area contributed by atoms with Crippen LogP contribution in [0, 0.1) is 0 Å². The van der Waals surface area contributed by atoms with Gasteiger partial charge in [-0.05, 0) is 31.2 Å². The van der Waals surface area contributed by atoms with Crippen molar-refractivity contribution < 1.29 is 14.6 Å². The number of amides is 1. The smallest absolute Gasteiger partial charge is 0.266 e. The van der Waals surface area contributed by atoms with Crippen LogP contribution in [0.3, 0.4) is 0 Å². The number of benzene rings is 1. The highest BCUT2D eigenvalue weighted by molar-refractivity contribution is 8.14. The summed E-state index contributed by atoms with van der Waals surface area (Å²) in [6.45, 7) is 2.41. The number of carbonyl (C=O) groups excluding carboxylic acids is 1. The lowest BCUT2D eigenvalue weighted by Crippen LogP contribution is -2.38. The number of aromatic hydroxyl groups is 1. The molecule has 1 unspecified atom stereocenters. The molecular formula is C12H14N2O3S. The summed E-state index contributed by atoms with van der Waals surface area (Å²) in [5.74, 6) is 1.38. The molecule has 2 rings (SSSR count). The normalized spacial score (nSPS) is 15.9. The predicted molar refractivity (Wildman–Crippen MR) is 71.1 cm³/mol. The van der Waals surface area contributed by atoms with E-state index in [-0.39, 0.29) is 11.7 Å². The second-order valence-electron chi connectivity index (χ2n) is 3.78. The molecule has 6 heteroatoms. The van der Waals surface area contributed by atoms with Crippen molar-refractivity contribution in [3.63, 3.8) is 0 Å². The van der Waals surface area contributed by atoms with Crippen molar-refractivity contribution in [2.75, 3.05) is 12.3 Å². The topological polar surface area (TPSA) is 70.9 Å². The van der Waals surface area contributed by atoms with Gasteiger partial charge in [0, 0.05) is 5.75 Å². The molecule has 1 aliphatic heterocycles. The molecule has 2 N–H and O–H groups in total. The lowest BCUT2D eigenvalue weighted by atomic mass is 10.3. The van der Waals surface area contributed by atoms with Gasteiger partial charge in [-0.2, -0.15) is 0 Å². The van der Waals surface area contributed by atoms with Gasteiger partial charge in [-0.1, -0.05) is 11.8 Å². The monoisotopic (exact) mass is 266 g/mol. The van der Waals surface area contributed by atoms with Crippen LogP contribution in [-0.4, -0.2) is 34.6 Å². The van der Waals surface area contributed by atoms with E-state index >= 15 is 0 Å². The molecule has 18 heavy (non-hydrogen) atoms. The molecule has 0 radical (unpaired) electrons. The van der Waals surface area contributed by atoms with Gasteiger partial charge >= 0.3 is 0 Å². The summed E-state index contributed by atoms with van der Waals surface area (Å²) in [6.07, 6.45) is -0.613. The SMILES string of the molecule is CC(Oc1ccc(O)cc1)C(=O)NC1=NCCS1. The molecule has 1 aliphatic rings. The number of nitrogens with one attached hydrogen (secondary N) is 1. The van der Waals surface area contributed by atoms with Gasteiger partial charge in [0.2, 0.25) is 0 Å². The van der Waals surface area contributed by atoms with Crippen molar-refractivity contribution in [3.05, 3.63) is 24.3 Å². The summed E-state index contributed by atoms with van der Waals surface area (Å²) in [7, 11) is 0. The van der Waals surface area contributed by atoms with Gasteiger partial charge in [-0.25, -0.2) is 0 Å². The maximum Gasteiger partial charge on any atom is 0.266 e. The summed E-state index contributed by atoms with van der Waals surface area (Å²) < 4.78 is 5.45. The molecule has 1 atom stereocenters. The molecule has 0 bridgehead atoms. The van der Waals surface area contributed by atoms with Crippen LogP contribution in [0.5, 0.6) is 11.5 Å². The highest BCUT2D eigenvalue weighted by Gasteiger charge is 2.18. The highest BCUT2D eigenvalue weighted by atomic mass is 32.2. The van der Waals surface area contributed by atoms with E-state index in [4.69, 9.17) is 9.84 Å². The molecule has 0 saturated heterocycles. The summed E-state index contributed by atoms with van der Waals surface area (Å²) in [6, 6.07) is 6.25. The van der Waals surface area contributed by atoms with Crippen molar-refractivity contribution in [1.29, 1.82) is 0 Å². The highest BCUT2D eigenvalue weighted by Crippen LogP contribution is 2.17. The minimum atomic E-state index is -0.613. The van der Waals surface area contributed by atoms with E-state index in [2.05, 4.69) is 10.3 Å². The Morgan fingerprint density at radius 3 is 2.83 bits per heavy atom. The lowest BCUT2D eigenvalue weighted by Gasteiger charge is -2.14. The van der Waals surface area contributed by atoms with Crippen molar-refractivity contribution >= 4 is 22.8 Å². The maximum absolute atomic E-state index is 11.8. The van der Waals surface area contributed by atoms with E-state index in [1.165, 1.54) is 23.9 Å². The Morgan fingerprint density at radius 1 is 1.50 bits per heavy atom. The molecular weight excluding hydrogens is 252 g/mol. The number of hydrogen-bond donors (Lipinski definition) is 2. The zero-order chi connectivity index (χ0) is 13.0. The second kappa shape index (κ2) is 5.77. The Morgan fingerprint density at radius 2 is 2.22 bits per heavy atom. The van der Waals surface area contributed by atoms with Crippen LogP contribution in [-0.2, 0) is 4.79 Å². The molecule has 0 aliphatic carbocycles. The molecule has 1 amide bonds. The Hall–Kier alpha value is -1.69. The summed E-state index contributed by atoms with van der Waals surface area (Å²) in [5, 5.41) is 12.5. The summed E-state index contributed by atoms with van der Waals surface area (Å²) in [5.41, 5.74) is 0. The lowest BCUT2D eigenvalue weighted by molar-refractivity contribution is -0.125. The Bertz CT molecular complexity index is 459. The Kier molecular flexibility index (Phi) is 4.09. The average molecular weight is 266 g/mol. The third-order valence-electron chi connectivity index (χ3n) is 2.33. The number of hydrogen-bond acceptors (Lipinski definition) is 5. The fraction of sp³-hybridized carbons (Fsp3) is 0.333. The molecule has 1 aromatic rings. The van der Waals surface area contributed by atoms with Crippen LogP contribution in [0.4, 0.5) is 0 Å². The molecule has 0 saturated carbocycles. The zero-order valence-electron chi connectivity index (χ0n) is 9.92. The number of amidine groups is 1. The van der Waals surface area contributed by atoms with Gasteiger partial charge in [0.1, 0.15) is 11.5 Å². The first kappa shape index (κ1) is 12.8. The van der Waals surface area contributed by atoms with Crippen molar-refractivity contribution in [3.8, 4) is 11.5 Å². The van der Waals surface area contributed by atoms with Crippen LogP contribution in [0.1, 0.15) is 6.92 Å². The number of aliphatic imine (C=N–C) groups is 1. The number of carbonyl (C=O) groups is 1. The van der Waals surface area contributed by atoms with E-state index in [1.54, 1.807) is 19.1 Å². The van der Waals surface area contributed by atoms with Crippen LogP contribution in [0.25, 0.3) is 0 Å². The molecule has 0 aromatic heterocycles. The maximum atomic E-state index is 11.8. The first-order valence-corrected chi connectivity index (χ1v) is 6.57. The fourth-order valence-electron chi connectivity index (χ4n) is 1.40. The second-order valence-corrected chi connectivity index (χ2v) is 4.86. The van der Waals surface area contributed by atoms with Gasteiger partial charge in [-0.15, -0.1) is 0 Å². The van der Waals surface area contributed by atoms with Gasteiger partial charge in [0.25, 0.3) is 5.91 Å². The number of nitrogens with zero attached hydrogens (tertiary/aromatic N) is 1. The third-order valence-corrected chi connectivity index (χ3v) is 3.23. The third kappa shape index (κ3) is 3.40. The zero-order valence-corrected chi connectivity index (χ0v) is 10.7. The van der Waals surface area contributed by atoms with Crippen molar-refractivity contribution in [2.24, 2.45) is 4.99 Å². The van der Waals surface area contributed by atoms with Crippen molar-refractivity contribution in [1.82, 2.24) is 5.32 Å². The molecule has 0 spiro atoms. The van der Waals surface area contributed by atoms with Crippen LogP contribution >= 0.6 is 11.8 Å². The molecule has 5 nitrogen and oxygen atoms in total. The standard InChI is InChI=1S/C12H14N2O3S/c1-8(11(16)14-12-13-6-7-18-12)17-10-4-2-9(15)3-5-10/h2-5,8,15H,6-7H2,1H3,(H,13,14,16). The van der Waals surface area contributed by atoms with E-state index in [0.29, 0.717) is 10.9 Å². The minimum Gasteiger partial charge on any atom is -0.508 e. The number of thioether (sulfide) groups is 1. The van der Waals surface area contributed by atoms with Gasteiger partial charge in [0.15, 0.2) is 11.3 Å². The molecule has 1 heterocycles. The molecule has 96 valence electrons. The first-order valence-electron chi connectivity index (χ1n) is 5.59. The fourth-order valence-corrected chi connectivity index (χ4v) is 2.13. The quantitative estimate of drug-likeness (QED) is 0.867. The largest absolute Gasteiger partial charge is 0.508 e. The number of rotatable bonds is 3. The summed E-state index contributed by atoms with van der Waals surface area (Å²) >= 11 is 1.53. The van der Waals surface area contributed by atoms with Gasteiger partial charge in [0.05, 0.1) is 6.54 Å². The first-order chi connectivity index (χ1) is 8.65. The number of phenols is 1.